The smallest absolute Gasteiger partial charge is 0.245 e. The first-order valence-corrected chi connectivity index (χ1v) is 26.6. The highest BCUT2D eigenvalue weighted by molar-refractivity contribution is 5.98. The third kappa shape index (κ3) is 20.2. The van der Waals surface area contributed by atoms with Gasteiger partial charge in [-0.2, -0.15) is 0 Å². The second-order valence-corrected chi connectivity index (χ2v) is 20.3. The SMILES string of the molecule is CCC[C@H](NC(=O)[C@@H](NC(=O)[C@H](NC(=O)[C@@H](NC(=O)CNC(=O)CN(C)C(=O)C1CN(C(C)=O)C1)C(C)C)[C@@H](C)CC)[C@@H](C)O)C(=O)N[C@H](C(=O)N[C@@H](CCCN=C(N)N)C(=O)N1CCC[C@H]1C(=O)NCC)[C@@H](C)CC. The summed E-state index contributed by atoms with van der Waals surface area (Å²) in [6.45, 7) is 16.9. The Labute approximate surface area is 446 Å². The van der Waals surface area contributed by atoms with Crippen LogP contribution in [-0.2, 0) is 52.7 Å². The van der Waals surface area contributed by atoms with Crippen molar-refractivity contribution in [2.24, 2.45) is 40.1 Å². The molecule has 76 heavy (non-hydrogen) atoms. The molecule has 2 fully saturated rings. The summed E-state index contributed by atoms with van der Waals surface area (Å²) in [4.78, 5) is 155. The van der Waals surface area contributed by atoms with Crippen molar-refractivity contribution >= 4 is 70.9 Å². The summed E-state index contributed by atoms with van der Waals surface area (Å²) >= 11 is 0. The molecule has 0 unspecified atom stereocenters. The zero-order chi connectivity index (χ0) is 57.6. The number of aliphatic imine (C=N–C) groups is 1. The monoisotopic (exact) mass is 1080 g/mol. The number of likely N-dealkylation sites (N-methyl/N-ethyl adjacent to an activating group) is 2. The molecule has 0 saturated carbocycles. The number of nitrogens with one attached hydrogen (secondary N) is 8. The van der Waals surface area contributed by atoms with Gasteiger partial charge < -0.3 is 73.8 Å². The minimum Gasteiger partial charge on any atom is -0.391 e. The average Bonchev–Trinajstić information content (AvgIpc) is 3.84. The van der Waals surface area contributed by atoms with Gasteiger partial charge in [-0.1, -0.05) is 67.7 Å². The van der Waals surface area contributed by atoms with E-state index < -0.39 is 126 Å². The van der Waals surface area contributed by atoms with Crippen LogP contribution >= 0.6 is 0 Å². The third-order valence-corrected chi connectivity index (χ3v) is 13.8. The molecule has 2 saturated heterocycles. The molecule has 2 aliphatic heterocycles. The highest BCUT2D eigenvalue weighted by Crippen LogP contribution is 2.21. The first kappa shape index (κ1) is 65.5. The highest BCUT2D eigenvalue weighted by atomic mass is 16.3. The maximum atomic E-state index is 14.2. The Morgan fingerprint density at radius 1 is 0.684 bits per heavy atom. The summed E-state index contributed by atoms with van der Waals surface area (Å²) in [6.07, 6.45) is 1.14. The predicted octanol–water partition coefficient (Wildman–Crippen LogP) is -2.94. The quantitative estimate of drug-likeness (QED) is 0.0188. The fourth-order valence-electron chi connectivity index (χ4n) is 8.68. The Hall–Kier alpha value is -6.60. The average molecular weight is 1080 g/mol. The maximum Gasteiger partial charge on any atom is 0.245 e. The number of aliphatic hydroxyl groups is 1. The van der Waals surface area contributed by atoms with Crippen molar-refractivity contribution in [3.05, 3.63) is 0 Å². The van der Waals surface area contributed by atoms with Gasteiger partial charge in [0.2, 0.25) is 65.0 Å². The lowest BCUT2D eigenvalue weighted by atomic mass is 9.95. The number of nitrogens with zero attached hydrogens (tertiary/aromatic N) is 4. The number of nitrogens with two attached hydrogens (primary N) is 2. The van der Waals surface area contributed by atoms with Crippen LogP contribution in [0.1, 0.15) is 121 Å². The van der Waals surface area contributed by atoms with Crippen molar-refractivity contribution < 1.29 is 57.8 Å². The van der Waals surface area contributed by atoms with Crippen molar-refractivity contribution in [2.75, 3.05) is 52.9 Å². The largest absolute Gasteiger partial charge is 0.391 e. The molecule has 11 amide bonds. The molecule has 430 valence electrons. The number of hydrogen-bond acceptors (Lipinski definition) is 13. The maximum absolute atomic E-state index is 14.2. The number of amides is 11. The van der Waals surface area contributed by atoms with Crippen molar-refractivity contribution in [3.63, 3.8) is 0 Å². The van der Waals surface area contributed by atoms with Crippen molar-refractivity contribution in [1.82, 2.24) is 57.2 Å². The van der Waals surface area contributed by atoms with Crippen LogP contribution in [0.2, 0.25) is 0 Å². The van der Waals surface area contributed by atoms with Gasteiger partial charge in [0, 0.05) is 46.7 Å². The number of hydrogen-bond donors (Lipinski definition) is 11. The second kappa shape index (κ2) is 32.1. The molecule has 13 N–H and O–H groups in total. The van der Waals surface area contributed by atoms with Crippen LogP contribution in [0.4, 0.5) is 0 Å². The molecule has 10 atom stereocenters. The molecule has 0 spiro atoms. The number of carbonyl (C=O) groups is 11. The fourth-order valence-corrected chi connectivity index (χ4v) is 8.68. The summed E-state index contributed by atoms with van der Waals surface area (Å²) < 4.78 is 0. The zero-order valence-corrected chi connectivity index (χ0v) is 46.4. The van der Waals surface area contributed by atoms with E-state index >= 15 is 0 Å². The molecule has 2 aliphatic rings. The van der Waals surface area contributed by atoms with Crippen LogP contribution in [0.5, 0.6) is 0 Å². The topological polar surface area (TPSA) is 378 Å². The predicted molar refractivity (Wildman–Crippen MR) is 282 cm³/mol. The Balaban J connectivity index is 2.21. The number of rotatable bonds is 31. The number of carbonyl (C=O) groups excluding carboxylic acids is 11. The number of likely N-dealkylation sites (tertiary alicyclic amines) is 2. The summed E-state index contributed by atoms with van der Waals surface area (Å²) in [6, 6.07) is -8.43. The molecule has 0 aromatic heterocycles. The van der Waals surface area contributed by atoms with E-state index in [0.717, 1.165) is 0 Å². The van der Waals surface area contributed by atoms with Crippen molar-refractivity contribution in [1.29, 1.82) is 0 Å². The Bertz CT molecular complexity index is 2060. The lowest BCUT2D eigenvalue weighted by molar-refractivity contribution is -0.148. The molecule has 2 rings (SSSR count). The Morgan fingerprint density at radius 2 is 1.22 bits per heavy atom. The molecule has 0 aromatic rings. The normalized spacial score (nSPS) is 17.8. The summed E-state index contributed by atoms with van der Waals surface area (Å²) in [5, 5.41) is 32.0. The molecule has 2 heterocycles. The number of aliphatic hydroxyl groups excluding tert-OH is 1. The summed E-state index contributed by atoms with van der Waals surface area (Å²) in [7, 11) is 1.43. The van der Waals surface area contributed by atoms with Gasteiger partial charge >= 0.3 is 0 Å². The van der Waals surface area contributed by atoms with E-state index in [9.17, 15) is 57.8 Å². The molecular formula is C50H88N14O12. The highest BCUT2D eigenvalue weighted by Gasteiger charge is 2.41. The van der Waals surface area contributed by atoms with Crippen LogP contribution in [0, 0.1) is 23.7 Å². The van der Waals surface area contributed by atoms with E-state index in [4.69, 9.17) is 11.5 Å². The van der Waals surface area contributed by atoms with Crippen LogP contribution in [0.3, 0.4) is 0 Å². The lowest BCUT2D eigenvalue weighted by Gasteiger charge is -2.39. The molecule has 0 bridgehead atoms. The first-order chi connectivity index (χ1) is 35.7. The van der Waals surface area contributed by atoms with Gasteiger partial charge in [0.05, 0.1) is 25.1 Å². The Kier molecular flexibility index (Phi) is 27.7. The van der Waals surface area contributed by atoms with E-state index in [1.54, 1.807) is 48.5 Å². The molecular weight excluding hydrogens is 989 g/mol. The second-order valence-electron chi connectivity index (χ2n) is 20.3. The minimum absolute atomic E-state index is 0.0752. The number of guanidine groups is 1. The van der Waals surface area contributed by atoms with Crippen LogP contribution in [0.25, 0.3) is 0 Å². The van der Waals surface area contributed by atoms with Gasteiger partial charge in [0.1, 0.15) is 42.3 Å². The third-order valence-electron chi connectivity index (χ3n) is 13.8. The van der Waals surface area contributed by atoms with Crippen molar-refractivity contribution in [3.8, 4) is 0 Å². The van der Waals surface area contributed by atoms with Gasteiger partial charge in [-0.25, -0.2) is 0 Å². The van der Waals surface area contributed by atoms with E-state index in [0.29, 0.717) is 51.6 Å². The van der Waals surface area contributed by atoms with Crippen molar-refractivity contribution in [2.45, 2.75) is 169 Å². The van der Waals surface area contributed by atoms with Gasteiger partial charge in [-0.15, -0.1) is 0 Å². The van der Waals surface area contributed by atoms with Gasteiger partial charge in [-0.05, 0) is 63.7 Å². The van der Waals surface area contributed by atoms with E-state index in [1.165, 1.54) is 35.6 Å². The minimum atomic E-state index is -1.64. The summed E-state index contributed by atoms with van der Waals surface area (Å²) in [5.74, 6) is -8.72. The first-order valence-electron chi connectivity index (χ1n) is 26.6. The molecule has 0 aliphatic carbocycles. The van der Waals surface area contributed by atoms with E-state index in [2.05, 4.69) is 47.5 Å². The van der Waals surface area contributed by atoms with E-state index in [-0.39, 0.29) is 62.7 Å². The zero-order valence-electron chi connectivity index (χ0n) is 46.4. The van der Waals surface area contributed by atoms with Gasteiger partial charge in [0.25, 0.3) is 0 Å². The molecule has 26 nitrogen and oxygen atoms in total. The molecule has 26 heteroatoms. The molecule has 0 radical (unpaired) electrons. The fraction of sp³-hybridized carbons (Fsp3) is 0.760. The van der Waals surface area contributed by atoms with E-state index in [1.807, 2.05) is 6.92 Å². The summed E-state index contributed by atoms with van der Waals surface area (Å²) in [5.41, 5.74) is 11.0. The van der Waals surface area contributed by atoms with Crippen LogP contribution in [0.15, 0.2) is 4.99 Å². The Morgan fingerprint density at radius 3 is 1.75 bits per heavy atom. The van der Waals surface area contributed by atoms with Gasteiger partial charge in [-0.3, -0.25) is 57.7 Å². The molecule has 0 aromatic carbocycles. The van der Waals surface area contributed by atoms with Crippen LogP contribution < -0.4 is 54.0 Å². The lowest BCUT2D eigenvalue weighted by Crippen LogP contribution is -2.63. The van der Waals surface area contributed by atoms with Crippen LogP contribution in [-0.4, -0.2) is 192 Å². The van der Waals surface area contributed by atoms with Gasteiger partial charge in [0.15, 0.2) is 5.96 Å². The standard InChI is InChI=1S/C50H88N14O12/c1-12-18-33(42(69)59-39(28(7)13-2)45(72)57-34(19-16-21-54-50(51)52)49(76)64-22-17-20-35(64)43(70)53-15-4)56-47(74)41(30(9)65)61-46(73)40(29(8)14-3)60-44(71)38(27(5)6)58-36(67)23-55-37(68)26-62(11)48(75)32-24-63(25-32)31(10)66/h27-30,32-35,38-41,65H,12-26H2,1-11H3,(H,53,70)(H,55,68)(H,56,74)(H,57,72)(H,58,67)(H,59,69)(H,60,71)(H,61,73)(H4,51,52,54)/t28-,29-,30+,33-,34-,35-,38-,39-,40+,41-/m0/s1.